The van der Waals surface area contributed by atoms with Gasteiger partial charge in [0.1, 0.15) is 11.6 Å². The third-order valence-corrected chi connectivity index (χ3v) is 5.91. The number of aryl methyl sites for hydroxylation is 2. The number of oxazole rings is 1. The van der Waals surface area contributed by atoms with E-state index in [4.69, 9.17) is 14.9 Å². The predicted molar refractivity (Wildman–Crippen MR) is 108 cm³/mol. The maximum Gasteiger partial charge on any atom is 0.277 e. The lowest BCUT2D eigenvalue weighted by molar-refractivity contribution is 0.102. The molecule has 1 amide bonds. The number of aliphatic imine (C=N–C) groups is 1. The largest absolute Gasteiger partial charge is 0.445 e. The van der Waals surface area contributed by atoms with Crippen LogP contribution in [0.5, 0.6) is 0 Å². The lowest BCUT2D eigenvalue weighted by Gasteiger charge is -2.38. The first-order chi connectivity index (χ1) is 13.2. The van der Waals surface area contributed by atoms with Crippen molar-refractivity contribution in [3.8, 4) is 0 Å². The molecule has 0 bridgehead atoms. The van der Waals surface area contributed by atoms with Crippen molar-refractivity contribution in [2.75, 3.05) is 24.3 Å². The summed E-state index contributed by atoms with van der Waals surface area (Å²) in [6, 6.07) is 3.91. The summed E-state index contributed by atoms with van der Waals surface area (Å²) in [6.07, 6.45) is 0. The second-order valence-electron chi connectivity index (χ2n) is 6.84. The number of fused-ring (bicyclic) bond motifs is 1. The molecule has 0 aliphatic carbocycles. The van der Waals surface area contributed by atoms with Crippen LogP contribution in [-0.4, -0.2) is 40.7 Å². The zero-order chi connectivity index (χ0) is 20.1. The average molecular weight is 445 g/mol. The number of amides is 1. The molecule has 1 aromatic carbocycles. The molecule has 4 rings (SSSR count). The van der Waals surface area contributed by atoms with Crippen LogP contribution >= 0.6 is 24.2 Å². The monoisotopic (exact) mass is 444 g/mol. The number of carbonyl (C=O) groups excluding carboxylic acids is 1. The zero-order valence-electron chi connectivity index (χ0n) is 15.6. The third kappa shape index (κ3) is 3.49. The maximum absolute atomic E-state index is 15.6. The molecule has 3 heterocycles. The Morgan fingerprint density at radius 1 is 1.34 bits per heavy atom. The number of nitrogens with one attached hydrogen (secondary N) is 1. The van der Waals surface area contributed by atoms with Crippen molar-refractivity contribution >= 4 is 40.9 Å². The number of hydrogen-bond acceptors (Lipinski definition) is 7. The number of amidine groups is 1. The molecule has 2 atom stereocenters. The standard InChI is InChI=1S/C18H18F2N4O3S.ClH/c1-9-14(22-10(2)27-9)15(25)23-11-3-4-13(19)12(5-11)18-7-26-6-17(18,20)8-28-16(21)24-18;/h3-5H,6-8H2,1-2H3,(H2,21,24)(H,23,25);1H/t17-,18-;/m1./s1. The van der Waals surface area contributed by atoms with Gasteiger partial charge >= 0.3 is 0 Å². The number of nitrogens with zero attached hydrogens (tertiary/aromatic N) is 2. The van der Waals surface area contributed by atoms with E-state index in [1.54, 1.807) is 13.8 Å². The summed E-state index contributed by atoms with van der Waals surface area (Å²) in [5.41, 5.74) is 2.72. The van der Waals surface area contributed by atoms with Crippen LogP contribution in [0.15, 0.2) is 27.6 Å². The number of anilines is 1. The van der Waals surface area contributed by atoms with Crippen LogP contribution in [0.4, 0.5) is 14.5 Å². The molecule has 1 aromatic heterocycles. The number of thioether (sulfide) groups is 1. The maximum atomic E-state index is 15.6. The van der Waals surface area contributed by atoms with E-state index in [0.29, 0.717) is 11.7 Å². The van der Waals surface area contributed by atoms with Crippen LogP contribution in [0.25, 0.3) is 0 Å². The average Bonchev–Trinajstić information content (AvgIpc) is 3.16. The summed E-state index contributed by atoms with van der Waals surface area (Å²) in [5, 5.41) is 2.81. The van der Waals surface area contributed by atoms with Crippen LogP contribution in [0.2, 0.25) is 0 Å². The van der Waals surface area contributed by atoms with Crippen molar-refractivity contribution in [2.45, 2.75) is 25.1 Å². The Balaban J connectivity index is 0.00000240. The van der Waals surface area contributed by atoms with Gasteiger partial charge in [-0.1, -0.05) is 11.8 Å². The fourth-order valence-corrected chi connectivity index (χ4v) is 4.46. The first kappa shape index (κ1) is 21.5. The number of hydrogen-bond donors (Lipinski definition) is 2. The molecule has 0 unspecified atom stereocenters. The van der Waals surface area contributed by atoms with Crippen molar-refractivity contribution in [1.82, 2.24) is 4.98 Å². The highest BCUT2D eigenvalue weighted by molar-refractivity contribution is 8.13. The van der Waals surface area contributed by atoms with Gasteiger partial charge in [0.05, 0.1) is 13.2 Å². The second kappa shape index (κ2) is 7.58. The van der Waals surface area contributed by atoms with Crippen LogP contribution in [-0.2, 0) is 10.3 Å². The van der Waals surface area contributed by atoms with Gasteiger partial charge < -0.3 is 20.2 Å². The molecule has 1 fully saturated rings. The van der Waals surface area contributed by atoms with Gasteiger partial charge in [-0.05, 0) is 25.1 Å². The SMILES string of the molecule is Cc1nc(C(=O)Nc2ccc(F)c([C@]34COC[C@@]3(F)CSC(N)=N4)c2)c(C)o1.Cl. The molecule has 7 nitrogen and oxygen atoms in total. The smallest absolute Gasteiger partial charge is 0.277 e. The normalized spacial score (nSPS) is 25.7. The summed E-state index contributed by atoms with van der Waals surface area (Å²) in [5.74, 6) is -0.431. The van der Waals surface area contributed by atoms with E-state index in [9.17, 15) is 9.18 Å². The number of aromatic nitrogens is 1. The lowest BCUT2D eigenvalue weighted by Crippen LogP contribution is -2.52. The van der Waals surface area contributed by atoms with Crippen molar-refractivity contribution in [3.05, 3.63) is 46.9 Å². The summed E-state index contributed by atoms with van der Waals surface area (Å²) >= 11 is 1.07. The van der Waals surface area contributed by atoms with E-state index in [1.165, 1.54) is 12.1 Å². The molecule has 2 aliphatic rings. The van der Waals surface area contributed by atoms with Crippen molar-refractivity contribution in [1.29, 1.82) is 0 Å². The third-order valence-electron chi connectivity index (χ3n) is 4.92. The molecular weight excluding hydrogens is 426 g/mol. The predicted octanol–water partition coefficient (Wildman–Crippen LogP) is 3.10. The van der Waals surface area contributed by atoms with E-state index >= 15 is 4.39 Å². The Bertz CT molecular complexity index is 1000. The topological polar surface area (TPSA) is 103 Å². The molecule has 29 heavy (non-hydrogen) atoms. The first-order valence-corrected chi connectivity index (χ1v) is 9.53. The number of rotatable bonds is 3. The lowest BCUT2D eigenvalue weighted by atomic mass is 9.79. The van der Waals surface area contributed by atoms with Gasteiger partial charge in [-0.15, -0.1) is 12.4 Å². The quantitative estimate of drug-likeness (QED) is 0.754. The van der Waals surface area contributed by atoms with Gasteiger partial charge in [0.15, 0.2) is 28.0 Å². The van der Waals surface area contributed by atoms with Crippen LogP contribution < -0.4 is 11.1 Å². The summed E-state index contributed by atoms with van der Waals surface area (Å²) in [7, 11) is 0. The molecule has 0 spiro atoms. The van der Waals surface area contributed by atoms with Crippen LogP contribution in [0.3, 0.4) is 0 Å². The first-order valence-electron chi connectivity index (χ1n) is 8.54. The van der Waals surface area contributed by atoms with Gasteiger partial charge in [0.25, 0.3) is 5.91 Å². The molecule has 156 valence electrons. The fraction of sp³-hybridized carbons (Fsp3) is 0.389. The van der Waals surface area contributed by atoms with E-state index in [1.807, 2.05) is 0 Å². The number of ether oxygens (including phenoxy) is 1. The molecule has 0 radical (unpaired) electrons. The summed E-state index contributed by atoms with van der Waals surface area (Å²) in [6.45, 7) is 2.91. The number of nitrogens with two attached hydrogens (primary N) is 1. The molecular formula is C18H19ClF2N4O3S. The van der Waals surface area contributed by atoms with Gasteiger partial charge in [-0.25, -0.2) is 18.8 Å². The number of carbonyl (C=O) groups is 1. The number of halogens is 3. The Kier molecular flexibility index (Phi) is 5.63. The minimum Gasteiger partial charge on any atom is -0.445 e. The van der Waals surface area contributed by atoms with E-state index in [0.717, 1.165) is 17.8 Å². The number of alkyl halides is 1. The minimum absolute atomic E-state index is 0. The van der Waals surface area contributed by atoms with E-state index in [-0.39, 0.29) is 53.5 Å². The van der Waals surface area contributed by atoms with Crippen LogP contribution in [0.1, 0.15) is 27.7 Å². The Hall–Kier alpha value is -2.17. The Labute approximate surface area is 175 Å². The molecule has 11 heteroatoms. The van der Waals surface area contributed by atoms with Crippen LogP contribution in [0, 0.1) is 19.7 Å². The Morgan fingerprint density at radius 2 is 2.10 bits per heavy atom. The molecule has 1 saturated heterocycles. The van der Waals surface area contributed by atoms with Crippen molar-refractivity contribution in [3.63, 3.8) is 0 Å². The minimum atomic E-state index is -1.90. The zero-order valence-corrected chi connectivity index (χ0v) is 17.3. The van der Waals surface area contributed by atoms with Crippen molar-refractivity contribution in [2.24, 2.45) is 10.7 Å². The van der Waals surface area contributed by atoms with Crippen molar-refractivity contribution < 1.29 is 22.7 Å². The van der Waals surface area contributed by atoms with Gasteiger partial charge in [0, 0.05) is 23.9 Å². The highest BCUT2D eigenvalue weighted by Crippen LogP contribution is 2.50. The number of benzene rings is 1. The van der Waals surface area contributed by atoms with Gasteiger partial charge in [-0.2, -0.15) is 0 Å². The van der Waals surface area contributed by atoms with E-state index in [2.05, 4.69) is 15.3 Å². The molecule has 0 saturated carbocycles. The molecule has 2 aromatic rings. The molecule has 3 N–H and O–H groups in total. The summed E-state index contributed by atoms with van der Waals surface area (Å²) in [4.78, 5) is 20.8. The highest BCUT2D eigenvalue weighted by atomic mass is 35.5. The highest BCUT2D eigenvalue weighted by Gasteiger charge is 2.61. The van der Waals surface area contributed by atoms with Gasteiger partial charge in [0.2, 0.25) is 0 Å². The Morgan fingerprint density at radius 3 is 2.79 bits per heavy atom. The molecule has 2 aliphatic heterocycles. The summed E-state index contributed by atoms with van der Waals surface area (Å²) < 4.78 is 40.9. The fourth-order valence-electron chi connectivity index (χ4n) is 3.54. The van der Waals surface area contributed by atoms with E-state index < -0.39 is 22.9 Å². The van der Waals surface area contributed by atoms with Gasteiger partial charge in [-0.3, -0.25) is 4.79 Å². The second-order valence-corrected chi connectivity index (χ2v) is 7.84.